The zero-order chi connectivity index (χ0) is 17.3. The lowest BCUT2D eigenvalue weighted by Gasteiger charge is -2.41. The predicted octanol–water partition coefficient (Wildman–Crippen LogP) is 0.286. The predicted molar refractivity (Wildman–Crippen MR) is 82.5 cm³/mol. The van der Waals surface area contributed by atoms with Crippen molar-refractivity contribution in [2.45, 2.75) is 24.8 Å². The lowest BCUT2D eigenvalue weighted by Crippen LogP contribution is -2.56. The van der Waals surface area contributed by atoms with Gasteiger partial charge >= 0.3 is 5.97 Å². The number of piperidine rings is 1. The van der Waals surface area contributed by atoms with Gasteiger partial charge in [0.1, 0.15) is 0 Å². The first kappa shape index (κ1) is 16.2. The molecule has 2 saturated heterocycles. The molecule has 1 spiro atoms. The van der Waals surface area contributed by atoms with Gasteiger partial charge in [0.2, 0.25) is 11.8 Å². The maximum atomic E-state index is 12.6. The number of likely N-dealkylation sites (tertiary alicyclic amines) is 1. The highest BCUT2D eigenvalue weighted by molar-refractivity contribution is 5.94. The maximum absolute atomic E-state index is 12.6. The molecule has 0 aromatic carbocycles. The molecular formula is C16H19N3O5. The van der Waals surface area contributed by atoms with Gasteiger partial charge in [-0.2, -0.15) is 0 Å². The second kappa shape index (κ2) is 6.10. The number of carboxylic acid groups (broad SMARTS) is 1. The van der Waals surface area contributed by atoms with Gasteiger partial charge < -0.3 is 20.1 Å². The topological polar surface area (TPSA) is 109 Å². The number of hydrogen-bond donors (Lipinski definition) is 2. The van der Waals surface area contributed by atoms with Crippen LogP contribution in [0.4, 0.5) is 0 Å². The molecule has 2 N–H and O–H groups in total. The Morgan fingerprint density at radius 2 is 2.12 bits per heavy atom. The Morgan fingerprint density at radius 1 is 1.42 bits per heavy atom. The average molecular weight is 333 g/mol. The molecule has 2 fully saturated rings. The Morgan fingerprint density at radius 3 is 2.75 bits per heavy atom. The summed E-state index contributed by atoms with van der Waals surface area (Å²) in [7, 11) is 1.48. The molecule has 8 nitrogen and oxygen atoms in total. The van der Waals surface area contributed by atoms with Crippen LogP contribution in [0.15, 0.2) is 18.3 Å². The molecule has 2 aliphatic heterocycles. The van der Waals surface area contributed by atoms with Crippen molar-refractivity contribution in [1.82, 2.24) is 15.2 Å². The number of pyridine rings is 1. The van der Waals surface area contributed by atoms with E-state index in [1.54, 1.807) is 17.0 Å². The van der Waals surface area contributed by atoms with Crippen molar-refractivity contribution in [2.75, 3.05) is 20.2 Å². The van der Waals surface area contributed by atoms with Crippen LogP contribution in [-0.4, -0.2) is 58.5 Å². The van der Waals surface area contributed by atoms with Gasteiger partial charge in [-0.3, -0.25) is 14.4 Å². The molecule has 2 amide bonds. The number of aliphatic carboxylic acids is 1. The van der Waals surface area contributed by atoms with Crippen LogP contribution in [0.2, 0.25) is 0 Å². The second-order valence-electron chi connectivity index (χ2n) is 6.18. The van der Waals surface area contributed by atoms with E-state index in [9.17, 15) is 19.5 Å². The molecule has 0 bridgehead atoms. The largest absolute Gasteiger partial charge is 0.481 e. The van der Waals surface area contributed by atoms with Crippen molar-refractivity contribution in [3.05, 3.63) is 23.9 Å². The maximum Gasteiger partial charge on any atom is 0.309 e. The third kappa shape index (κ3) is 2.79. The molecule has 3 heterocycles. The van der Waals surface area contributed by atoms with Gasteiger partial charge in [0.25, 0.3) is 5.91 Å². The average Bonchev–Trinajstić information content (AvgIpc) is 2.91. The van der Waals surface area contributed by atoms with E-state index >= 15 is 0 Å². The Balaban J connectivity index is 1.71. The third-order valence-corrected chi connectivity index (χ3v) is 4.88. The number of carbonyl (C=O) groups is 3. The summed E-state index contributed by atoms with van der Waals surface area (Å²) in [6, 6.07) is 3.19. The lowest BCUT2D eigenvalue weighted by atomic mass is 9.77. The minimum absolute atomic E-state index is 0.00479. The van der Waals surface area contributed by atoms with Crippen molar-refractivity contribution in [3.63, 3.8) is 0 Å². The lowest BCUT2D eigenvalue weighted by molar-refractivity contribution is -0.144. The summed E-state index contributed by atoms with van der Waals surface area (Å²) in [4.78, 5) is 41.3. The second-order valence-corrected chi connectivity index (χ2v) is 6.18. The number of ether oxygens (including phenoxy) is 1. The fraction of sp³-hybridized carbons (Fsp3) is 0.500. The molecule has 1 aromatic heterocycles. The summed E-state index contributed by atoms with van der Waals surface area (Å²) in [6.07, 6.45) is 2.38. The SMILES string of the molecule is COc1cc(C(=O)N2CCC3(CC2)NC(=O)C[C@H]3C(=O)O)ccn1. The molecule has 0 unspecified atom stereocenters. The number of amides is 2. The number of carbonyl (C=O) groups excluding carboxylic acids is 2. The zero-order valence-electron chi connectivity index (χ0n) is 13.3. The van der Waals surface area contributed by atoms with Gasteiger partial charge in [0.15, 0.2) is 0 Å². The number of hydrogen-bond acceptors (Lipinski definition) is 5. The number of nitrogens with zero attached hydrogens (tertiary/aromatic N) is 2. The minimum Gasteiger partial charge on any atom is -0.481 e. The van der Waals surface area contributed by atoms with E-state index in [0.717, 1.165) is 0 Å². The van der Waals surface area contributed by atoms with Crippen LogP contribution >= 0.6 is 0 Å². The highest BCUT2D eigenvalue weighted by Gasteiger charge is 2.52. The number of rotatable bonds is 3. The Bertz CT molecular complexity index is 682. The number of aromatic nitrogens is 1. The summed E-state index contributed by atoms with van der Waals surface area (Å²) in [5.41, 5.74) is -0.265. The Labute approximate surface area is 138 Å². The van der Waals surface area contributed by atoms with Gasteiger partial charge in [-0.25, -0.2) is 4.98 Å². The molecule has 0 saturated carbocycles. The first-order valence-corrected chi connectivity index (χ1v) is 7.78. The fourth-order valence-corrected chi connectivity index (χ4v) is 3.54. The number of nitrogens with one attached hydrogen (secondary N) is 1. The van der Waals surface area contributed by atoms with Crippen LogP contribution in [0, 0.1) is 5.92 Å². The smallest absolute Gasteiger partial charge is 0.309 e. The van der Waals surface area contributed by atoms with Gasteiger partial charge in [0, 0.05) is 37.3 Å². The van der Waals surface area contributed by atoms with E-state index in [-0.39, 0.29) is 18.2 Å². The number of carboxylic acids is 1. The van der Waals surface area contributed by atoms with Crippen molar-refractivity contribution in [3.8, 4) is 5.88 Å². The molecule has 3 rings (SSSR count). The molecule has 24 heavy (non-hydrogen) atoms. The van der Waals surface area contributed by atoms with Crippen molar-refractivity contribution in [2.24, 2.45) is 5.92 Å². The molecule has 1 aromatic rings. The van der Waals surface area contributed by atoms with Gasteiger partial charge in [-0.1, -0.05) is 0 Å². The van der Waals surface area contributed by atoms with Crippen LogP contribution in [0.5, 0.6) is 5.88 Å². The fourth-order valence-electron chi connectivity index (χ4n) is 3.54. The van der Waals surface area contributed by atoms with E-state index in [1.807, 2.05) is 0 Å². The number of methoxy groups -OCH3 is 1. The quantitative estimate of drug-likeness (QED) is 0.823. The Kier molecular flexibility index (Phi) is 4.13. The van der Waals surface area contributed by atoms with Crippen LogP contribution in [0.1, 0.15) is 29.6 Å². The van der Waals surface area contributed by atoms with Crippen LogP contribution in [0.3, 0.4) is 0 Å². The van der Waals surface area contributed by atoms with Crippen LogP contribution < -0.4 is 10.1 Å². The summed E-state index contributed by atoms with van der Waals surface area (Å²) in [6.45, 7) is 0.793. The molecule has 0 radical (unpaired) electrons. The molecule has 1 atom stereocenters. The standard InChI is InChI=1S/C16H19N3O5/c1-24-13-8-10(2-5-17-13)14(21)19-6-3-16(4-7-19)11(15(22)23)9-12(20)18-16/h2,5,8,11H,3-4,6-7,9H2,1H3,(H,18,20)(H,22,23)/t11-/m0/s1. The molecule has 2 aliphatic rings. The first-order chi connectivity index (χ1) is 11.4. The van der Waals surface area contributed by atoms with E-state index < -0.39 is 17.4 Å². The van der Waals surface area contributed by atoms with Crippen LogP contribution in [0.25, 0.3) is 0 Å². The highest BCUT2D eigenvalue weighted by atomic mass is 16.5. The first-order valence-electron chi connectivity index (χ1n) is 7.78. The Hall–Kier alpha value is -2.64. The van der Waals surface area contributed by atoms with Crippen LogP contribution in [-0.2, 0) is 9.59 Å². The summed E-state index contributed by atoms with van der Waals surface area (Å²) in [5, 5.41) is 12.2. The van der Waals surface area contributed by atoms with Gasteiger partial charge in [-0.15, -0.1) is 0 Å². The van der Waals surface area contributed by atoms with Crippen molar-refractivity contribution in [1.29, 1.82) is 0 Å². The third-order valence-electron chi connectivity index (χ3n) is 4.88. The van der Waals surface area contributed by atoms with E-state index in [1.165, 1.54) is 13.3 Å². The molecule has 8 heteroatoms. The molecule has 0 aliphatic carbocycles. The molecular weight excluding hydrogens is 314 g/mol. The summed E-state index contributed by atoms with van der Waals surface area (Å²) >= 11 is 0. The normalized spacial score (nSPS) is 22.3. The monoisotopic (exact) mass is 333 g/mol. The minimum atomic E-state index is -0.966. The molecule has 128 valence electrons. The van der Waals surface area contributed by atoms with E-state index in [2.05, 4.69) is 10.3 Å². The van der Waals surface area contributed by atoms with E-state index in [0.29, 0.717) is 37.4 Å². The summed E-state index contributed by atoms with van der Waals surface area (Å²) < 4.78 is 5.03. The van der Waals surface area contributed by atoms with Gasteiger partial charge in [-0.05, 0) is 18.9 Å². The van der Waals surface area contributed by atoms with Crippen molar-refractivity contribution < 1.29 is 24.2 Å². The zero-order valence-corrected chi connectivity index (χ0v) is 13.3. The van der Waals surface area contributed by atoms with Gasteiger partial charge in [0.05, 0.1) is 18.6 Å². The van der Waals surface area contributed by atoms with E-state index in [4.69, 9.17) is 4.74 Å². The highest BCUT2D eigenvalue weighted by Crippen LogP contribution is 2.37. The van der Waals surface area contributed by atoms with Crippen molar-refractivity contribution >= 4 is 17.8 Å². The summed E-state index contributed by atoms with van der Waals surface area (Å²) in [5.74, 6) is -1.72.